The SMILES string of the molecule is CC(C)(C)OC(=O)N1CCCC(CNC2CC2)CC1. The molecule has 2 aliphatic rings. The number of nitrogens with one attached hydrogen (secondary N) is 1. The van der Waals surface area contributed by atoms with E-state index in [4.69, 9.17) is 4.74 Å². The minimum Gasteiger partial charge on any atom is -0.444 e. The van der Waals surface area contributed by atoms with Crippen LogP contribution in [-0.2, 0) is 4.74 Å². The average molecular weight is 268 g/mol. The summed E-state index contributed by atoms with van der Waals surface area (Å²) in [6.45, 7) is 8.56. The van der Waals surface area contributed by atoms with E-state index in [0.717, 1.165) is 38.5 Å². The lowest BCUT2D eigenvalue weighted by Crippen LogP contribution is -2.37. The topological polar surface area (TPSA) is 41.6 Å². The van der Waals surface area contributed by atoms with Crippen molar-refractivity contribution in [2.75, 3.05) is 19.6 Å². The Kier molecular flexibility index (Phi) is 4.71. The quantitative estimate of drug-likeness (QED) is 0.855. The van der Waals surface area contributed by atoms with Crippen LogP contribution in [0.25, 0.3) is 0 Å². The van der Waals surface area contributed by atoms with E-state index in [9.17, 15) is 4.79 Å². The summed E-state index contributed by atoms with van der Waals surface area (Å²) in [5, 5.41) is 3.60. The average Bonchev–Trinajstić information content (AvgIpc) is 3.11. The van der Waals surface area contributed by atoms with Crippen molar-refractivity contribution in [3.8, 4) is 0 Å². The lowest BCUT2D eigenvalue weighted by molar-refractivity contribution is 0.0255. The van der Waals surface area contributed by atoms with Crippen LogP contribution in [0.2, 0.25) is 0 Å². The normalized spacial score (nSPS) is 25.0. The van der Waals surface area contributed by atoms with Crippen molar-refractivity contribution in [1.29, 1.82) is 0 Å². The molecule has 1 saturated heterocycles. The second-order valence-corrected chi connectivity index (χ2v) is 6.95. The van der Waals surface area contributed by atoms with E-state index < -0.39 is 5.60 Å². The van der Waals surface area contributed by atoms with Gasteiger partial charge in [0.1, 0.15) is 5.60 Å². The fourth-order valence-electron chi connectivity index (χ4n) is 2.50. The molecule has 1 N–H and O–H groups in total. The van der Waals surface area contributed by atoms with Gasteiger partial charge in [0.15, 0.2) is 0 Å². The molecule has 1 amide bonds. The minimum absolute atomic E-state index is 0.150. The number of hydrogen-bond acceptors (Lipinski definition) is 3. The molecular weight excluding hydrogens is 240 g/mol. The van der Waals surface area contributed by atoms with Gasteiger partial charge in [-0.2, -0.15) is 0 Å². The van der Waals surface area contributed by atoms with Crippen LogP contribution in [0.1, 0.15) is 52.9 Å². The highest BCUT2D eigenvalue weighted by Gasteiger charge is 2.26. The second kappa shape index (κ2) is 6.12. The van der Waals surface area contributed by atoms with Crippen molar-refractivity contribution in [1.82, 2.24) is 10.2 Å². The van der Waals surface area contributed by atoms with Crippen LogP contribution >= 0.6 is 0 Å². The fourth-order valence-corrected chi connectivity index (χ4v) is 2.50. The molecule has 0 aromatic rings. The molecule has 1 aliphatic carbocycles. The van der Waals surface area contributed by atoms with Crippen molar-refractivity contribution >= 4 is 6.09 Å². The number of ether oxygens (including phenoxy) is 1. The van der Waals surface area contributed by atoms with Crippen LogP contribution in [0.4, 0.5) is 4.79 Å². The van der Waals surface area contributed by atoms with Gasteiger partial charge in [-0.3, -0.25) is 0 Å². The number of amides is 1. The number of likely N-dealkylation sites (tertiary alicyclic amines) is 1. The molecular formula is C15H28N2O2. The van der Waals surface area contributed by atoms with Crippen molar-refractivity contribution in [2.45, 2.75) is 64.5 Å². The summed E-state index contributed by atoms with van der Waals surface area (Å²) in [6.07, 6.45) is 5.95. The largest absolute Gasteiger partial charge is 0.444 e. The van der Waals surface area contributed by atoms with Crippen molar-refractivity contribution < 1.29 is 9.53 Å². The molecule has 0 bridgehead atoms. The van der Waals surface area contributed by atoms with Gasteiger partial charge < -0.3 is 15.0 Å². The van der Waals surface area contributed by atoms with E-state index in [1.807, 2.05) is 25.7 Å². The monoisotopic (exact) mass is 268 g/mol. The molecule has 2 rings (SSSR count). The fraction of sp³-hybridized carbons (Fsp3) is 0.933. The van der Waals surface area contributed by atoms with Crippen LogP contribution in [0.3, 0.4) is 0 Å². The number of carbonyl (C=O) groups excluding carboxylic acids is 1. The molecule has 1 unspecified atom stereocenters. The lowest BCUT2D eigenvalue weighted by atomic mass is 10.0. The van der Waals surface area contributed by atoms with Crippen molar-refractivity contribution in [2.24, 2.45) is 5.92 Å². The van der Waals surface area contributed by atoms with Crippen LogP contribution in [0.5, 0.6) is 0 Å². The zero-order chi connectivity index (χ0) is 13.9. The Hall–Kier alpha value is -0.770. The van der Waals surface area contributed by atoms with Gasteiger partial charge >= 0.3 is 6.09 Å². The van der Waals surface area contributed by atoms with Crippen molar-refractivity contribution in [3.05, 3.63) is 0 Å². The molecule has 0 spiro atoms. The lowest BCUT2D eigenvalue weighted by Gasteiger charge is -2.26. The smallest absolute Gasteiger partial charge is 0.410 e. The van der Waals surface area contributed by atoms with E-state index in [2.05, 4.69) is 5.32 Å². The zero-order valence-electron chi connectivity index (χ0n) is 12.6. The maximum atomic E-state index is 12.0. The molecule has 1 heterocycles. The summed E-state index contributed by atoms with van der Waals surface area (Å²) in [5.41, 5.74) is -0.393. The van der Waals surface area contributed by atoms with Gasteiger partial charge in [0.2, 0.25) is 0 Å². The Bertz CT molecular complexity index is 308. The van der Waals surface area contributed by atoms with Gasteiger partial charge in [-0.25, -0.2) is 4.79 Å². The molecule has 1 saturated carbocycles. The Labute approximate surface area is 116 Å². The van der Waals surface area contributed by atoms with Crippen LogP contribution in [-0.4, -0.2) is 42.3 Å². The first-order valence-corrected chi connectivity index (χ1v) is 7.65. The molecule has 0 aromatic heterocycles. The Morgan fingerprint density at radius 3 is 2.58 bits per heavy atom. The standard InChI is InChI=1S/C15H28N2O2/c1-15(2,3)19-14(18)17-9-4-5-12(8-10-17)11-16-13-6-7-13/h12-13,16H,4-11H2,1-3H3. The Balaban J connectivity index is 1.73. The molecule has 4 heteroatoms. The van der Waals surface area contributed by atoms with Gasteiger partial charge in [-0.05, 0) is 65.3 Å². The highest BCUT2D eigenvalue weighted by Crippen LogP contribution is 2.22. The molecule has 2 fully saturated rings. The van der Waals surface area contributed by atoms with Crippen LogP contribution in [0.15, 0.2) is 0 Å². The Morgan fingerprint density at radius 1 is 1.21 bits per heavy atom. The summed E-state index contributed by atoms with van der Waals surface area (Å²) >= 11 is 0. The van der Waals surface area contributed by atoms with Gasteiger partial charge in [0, 0.05) is 19.1 Å². The van der Waals surface area contributed by atoms with Gasteiger partial charge in [0.25, 0.3) is 0 Å². The van der Waals surface area contributed by atoms with Crippen molar-refractivity contribution in [3.63, 3.8) is 0 Å². The van der Waals surface area contributed by atoms with E-state index in [1.54, 1.807) is 0 Å². The zero-order valence-corrected chi connectivity index (χ0v) is 12.6. The first-order valence-electron chi connectivity index (χ1n) is 7.65. The molecule has 110 valence electrons. The van der Waals surface area contributed by atoms with Crippen LogP contribution in [0, 0.1) is 5.92 Å². The maximum Gasteiger partial charge on any atom is 0.410 e. The molecule has 4 nitrogen and oxygen atoms in total. The summed E-state index contributed by atoms with van der Waals surface area (Å²) in [7, 11) is 0. The van der Waals surface area contributed by atoms with Gasteiger partial charge in [-0.15, -0.1) is 0 Å². The summed E-state index contributed by atoms with van der Waals surface area (Å²) in [5.74, 6) is 0.716. The van der Waals surface area contributed by atoms with E-state index >= 15 is 0 Å². The second-order valence-electron chi connectivity index (χ2n) is 6.95. The third-order valence-corrected chi connectivity index (χ3v) is 3.77. The molecule has 19 heavy (non-hydrogen) atoms. The van der Waals surface area contributed by atoms with Crippen LogP contribution < -0.4 is 5.32 Å². The number of carbonyl (C=O) groups is 1. The van der Waals surface area contributed by atoms with Gasteiger partial charge in [-0.1, -0.05) is 0 Å². The molecule has 1 aliphatic heterocycles. The molecule has 1 atom stereocenters. The summed E-state index contributed by atoms with van der Waals surface area (Å²) in [6, 6.07) is 0.783. The first kappa shape index (κ1) is 14.6. The highest BCUT2D eigenvalue weighted by atomic mass is 16.6. The van der Waals surface area contributed by atoms with E-state index in [-0.39, 0.29) is 6.09 Å². The predicted molar refractivity (Wildman–Crippen MR) is 76.2 cm³/mol. The summed E-state index contributed by atoms with van der Waals surface area (Å²) < 4.78 is 5.45. The Morgan fingerprint density at radius 2 is 1.95 bits per heavy atom. The number of rotatable bonds is 3. The molecule has 0 aromatic carbocycles. The minimum atomic E-state index is -0.393. The predicted octanol–water partition coefficient (Wildman–Crippen LogP) is 2.78. The maximum absolute atomic E-state index is 12.0. The molecule has 0 radical (unpaired) electrons. The third kappa shape index (κ3) is 5.39. The third-order valence-electron chi connectivity index (χ3n) is 3.77. The number of hydrogen-bond donors (Lipinski definition) is 1. The van der Waals surface area contributed by atoms with Gasteiger partial charge in [0.05, 0.1) is 0 Å². The first-order chi connectivity index (χ1) is 8.94. The van der Waals surface area contributed by atoms with E-state index in [1.165, 1.54) is 19.3 Å². The number of nitrogens with zero attached hydrogens (tertiary/aromatic N) is 1. The highest BCUT2D eigenvalue weighted by molar-refractivity contribution is 5.68. The summed E-state index contributed by atoms with van der Waals surface area (Å²) in [4.78, 5) is 13.9. The van der Waals surface area contributed by atoms with E-state index in [0.29, 0.717) is 5.92 Å².